The van der Waals surface area contributed by atoms with E-state index in [2.05, 4.69) is 54.8 Å². The fraction of sp³-hybridized carbons (Fsp3) is 0.692. The second kappa shape index (κ2) is 5.45. The van der Waals surface area contributed by atoms with Crippen LogP contribution in [0, 0.1) is 0 Å². The van der Waals surface area contributed by atoms with Gasteiger partial charge in [-0.25, -0.2) is 4.98 Å². The first-order chi connectivity index (χ1) is 7.79. The van der Waals surface area contributed by atoms with Crippen molar-refractivity contribution in [2.45, 2.75) is 52.7 Å². The van der Waals surface area contributed by atoms with Gasteiger partial charge in [0.05, 0.1) is 18.1 Å². The highest BCUT2D eigenvalue weighted by Gasteiger charge is 2.10. The molecule has 0 aliphatic heterocycles. The van der Waals surface area contributed by atoms with Crippen molar-refractivity contribution in [1.29, 1.82) is 0 Å². The summed E-state index contributed by atoms with van der Waals surface area (Å²) in [5.74, 6) is 0.916. The second-order valence-corrected chi connectivity index (χ2v) is 5.67. The average molecular weight is 236 g/mol. The van der Waals surface area contributed by atoms with Gasteiger partial charge in [-0.05, 0) is 34.6 Å². The third-order valence-corrected chi connectivity index (χ3v) is 2.63. The molecule has 0 bridgehead atoms. The van der Waals surface area contributed by atoms with Crippen molar-refractivity contribution in [3.63, 3.8) is 0 Å². The Kier molecular flexibility index (Phi) is 4.46. The molecule has 1 rings (SSSR count). The molecule has 0 saturated carbocycles. The van der Waals surface area contributed by atoms with E-state index in [9.17, 15) is 0 Å². The lowest BCUT2D eigenvalue weighted by Crippen LogP contribution is -2.35. The molecule has 0 saturated heterocycles. The zero-order valence-corrected chi connectivity index (χ0v) is 11.8. The largest absolute Gasteiger partial charge is 0.356 e. The van der Waals surface area contributed by atoms with Crippen LogP contribution in [0.3, 0.4) is 0 Å². The number of hydrogen-bond acceptors (Lipinski definition) is 4. The molecular formula is C13H24N4. The highest BCUT2D eigenvalue weighted by molar-refractivity contribution is 5.35. The molecule has 4 nitrogen and oxygen atoms in total. The van der Waals surface area contributed by atoms with Crippen molar-refractivity contribution in [2.24, 2.45) is 0 Å². The van der Waals surface area contributed by atoms with Gasteiger partial charge in [-0.15, -0.1) is 0 Å². The van der Waals surface area contributed by atoms with Gasteiger partial charge in [0.1, 0.15) is 5.82 Å². The van der Waals surface area contributed by atoms with Gasteiger partial charge < -0.3 is 10.2 Å². The lowest BCUT2D eigenvalue weighted by Gasteiger charge is -2.23. The van der Waals surface area contributed by atoms with Crippen LogP contribution < -0.4 is 10.2 Å². The Hall–Kier alpha value is -1.16. The average Bonchev–Trinajstić information content (AvgIpc) is 2.25. The highest BCUT2D eigenvalue weighted by atomic mass is 15.2. The Balaban J connectivity index is 2.62. The maximum absolute atomic E-state index is 4.42. The minimum atomic E-state index is 0.106. The zero-order chi connectivity index (χ0) is 13.1. The van der Waals surface area contributed by atoms with Crippen LogP contribution in [-0.4, -0.2) is 28.6 Å². The topological polar surface area (TPSA) is 41.1 Å². The molecule has 0 atom stereocenters. The first kappa shape index (κ1) is 13.9. The highest BCUT2D eigenvalue weighted by Crippen LogP contribution is 2.10. The van der Waals surface area contributed by atoms with Gasteiger partial charge in [-0.2, -0.15) is 0 Å². The van der Waals surface area contributed by atoms with Gasteiger partial charge >= 0.3 is 0 Å². The summed E-state index contributed by atoms with van der Waals surface area (Å²) in [5, 5.41) is 3.39. The van der Waals surface area contributed by atoms with Crippen molar-refractivity contribution in [3.05, 3.63) is 18.1 Å². The number of nitrogens with one attached hydrogen (secondary N) is 1. The van der Waals surface area contributed by atoms with E-state index < -0.39 is 0 Å². The van der Waals surface area contributed by atoms with Gasteiger partial charge in [0, 0.05) is 25.2 Å². The monoisotopic (exact) mass is 236 g/mol. The third kappa shape index (κ3) is 4.69. The van der Waals surface area contributed by atoms with E-state index in [0.29, 0.717) is 6.04 Å². The summed E-state index contributed by atoms with van der Waals surface area (Å²) in [6, 6.07) is 0.433. The Morgan fingerprint density at radius 3 is 2.29 bits per heavy atom. The van der Waals surface area contributed by atoms with E-state index in [0.717, 1.165) is 18.1 Å². The maximum Gasteiger partial charge on any atom is 0.147 e. The summed E-state index contributed by atoms with van der Waals surface area (Å²) < 4.78 is 0. The van der Waals surface area contributed by atoms with Gasteiger partial charge in [0.2, 0.25) is 0 Å². The molecule has 1 aromatic heterocycles. The molecule has 1 heterocycles. The van der Waals surface area contributed by atoms with Crippen molar-refractivity contribution in [2.75, 3.05) is 11.9 Å². The van der Waals surface area contributed by atoms with Crippen LogP contribution >= 0.6 is 0 Å². The SMILES string of the molecule is CC(C)N(C)c1cnc(CNC(C)(C)C)cn1. The third-order valence-electron chi connectivity index (χ3n) is 2.63. The molecule has 17 heavy (non-hydrogen) atoms. The number of rotatable bonds is 4. The number of hydrogen-bond donors (Lipinski definition) is 1. The van der Waals surface area contributed by atoms with Crippen LogP contribution in [-0.2, 0) is 6.54 Å². The molecule has 96 valence electrons. The van der Waals surface area contributed by atoms with E-state index in [1.54, 1.807) is 0 Å². The van der Waals surface area contributed by atoms with Gasteiger partial charge in [-0.1, -0.05) is 0 Å². The summed E-state index contributed by atoms with van der Waals surface area (Å²) >= 11 is 0. The second-order valence-electron chi connectivity index (χ2n) is 5.67. The van der Waals surface area contributed by atoms with Crippen LogP contribution in [0.5, 0.6) is 0 Å². The summed E-state index contributed by atoms with van der Waals surface area (Å²) in [6.45, 7) is 11.4. The van der Waals surface area contributed by atoms with Crippen molar-refractivity contribution in [3.8, 4) is 0 Å². The standard InChI is InChI=1S/C13H24N4/c1-10(2)17(6)12-9-14-11(7-15-12)8-16-13(3,4)5/h7,9-10,16H,8H2,1-6H3. The summed E-state index contributed by atoms with van der Waals surface area (Å²) in [5.41, 5.74) is 1.08. The molecule has 0 fully saturated rings. The first-order valence-corrected chi connectivity index (χ1v) is 6.08. The van der Waals surface area contributed by atoms with Crippen LogP contribution in [0.15, 0.2) is 12.4 Å². The van der Waals surface area contributed by atoms with Crippen molar-refractivity contribution >= 4 is 5.82 Å². The van der Waals surface area contributed by atoms with E-state index in [1.807, 2.05) is 19.4 Å². The number of nitrogens with zero attached hydrogens (tertiary/aromatic N) is 3. The quantitative estimate of drug-likeness (QED) is 0.870. The molecule has 0 radical (unpaired) electrons. The molecule has 1 aromatic rings. The number of aromatic nitrogens is 2. The molecule has 4 heteroatoms. The van der Waals surface area contributed by atoms with Crippen molar-refractivity contribution in [1.82, 2.24) is 15.3 Å². The van der Waals surface area contributed by atoms with E-state index in [1.165, 1.54) is 0 Å². The molecule has 0 aromatic carbocycles. The summed E-state index contributed by atoms with van der Waals surface area (Å²) in [7, 11) is 2.03. The van der Waals surface area contributed by atoms with Gasteiger partial charge in [-0.3, -0.25) is 4.98 Å². The van der Waals surface area contributed by atoms with Crippen molar-refractivity contribution < 1.29 is 0 Å². The Morgan fingerprint density at radius 2 is 1.88 bits per heavy atom. The molecule has 0 aliphatic carbocycles. The van der Waals surface area contributed by atoms with Crippen LogP contribution in [0.25, 0.3) is 0 Å². The minimum Gasteiger partial charge on any atom is -0.356 e. The number of anilines is 1. The predicted octanol–water partition coefficient (Wildman–Crippen LogP) is 2.21. The Labute approximate surface area is 104 Å². The fourth-order valence-corrected chi connectivity index (χ4v) is 1.24. The Morgan fingerprint density at radius 1 is 1.24 bits per heavy atom. The van der Waals surface area contributed by atoms with E-state index in [-0.39, 0.29) is 5.54 Å². The molecule has 0 spiro atoms. The first-order valence-electron chi connectivity index (χ1n) is 6.08. The summed E-state index contributed by atoms with van der Waals surface area (Å²) in [4.78, 5) is 10.9. The lowest BCUT2D eigenvalue weighted by molar-refractivity contribution is 0.421. The van der Waals surface area contributed by atoms with Crippen LogP contribution in [0.2, 0.25) is 0 Å². The van der Waals surface area contributed by atoms with E-state index >= 15 is 0 Å². The van der Waals surface area contributed by atoms with Crippen LogP contribution in [0.1, 0.15) is 40.3 Å². The van der Waals surface area contributed by atoms with E-state index in [4.69, 9.17) is 0 Å². The smallest absolute Gasteiger partial charge is 0.147 e. The minimum absolute atomic E-state index is 0.106. The Bertz CT molecular complexity index is 337. The maximum atomic E-state index is 4.42. The molecule has 1 N–H and O–H groups in total. The lowest BCUT2D eigenvalue weighted by atomic mass is 10.1. The molecule has 0 amide bonds. The predicted molar refractivity (Wildman–Crippen MR) is 72.2 cm³/mol. The summed E-state index contributed by atoms with van der Waals surface area (Å²) in [6.07, 6.45) is 3.67. The normalized spacial score (nSPS) is 11.9. The molecule has 0 aliphatic rings. The zero-order valence-electron chi connectivity index (χ0n) is 11.8. The molecule has 0 unspecified atom stereocenters. The fourth-order valence-electron chi connectivity index (χ4n) is 1.24. The molecular weight excluding hydrogens is 212 g/mol. The van der Waals surface area contributed by atoms with Gasteiger partial charge in [0.25, 0.3) is 0 Å². The van der Waals surface area contributed by atoms with Crippen LogP contribution in [0.4, 0.5) is 5.82 Å². The van der Waals surface area contributed by atoms with Gasteiger partial charge in [0.15, 0.2) is 0 Å².